The molecule has 2 aromatic rings. The van der Waals surface area contributed by atoms with E-state index in [0.717, 1.165) is 31.2 Å². The van der Waals surface area contributed by atoms with Gasteiger partial charge < -0.3 is 25.2 Å². The molecule has 0 bridgehead atoms. The van der Waals surface area contributed by atoms with Crippen LogP contribution in [0.3, 0.4) is 0 Å². The van der Waals surface area contributed by atoms with Crippen molar-refractivity contribution >= 4 is 17.5 Å². The third-order valence-corrected chi connectivity index (χ3v) is 6.88. The van der Waals surface area contributed by atoms with Crippen LogP contribution in [0.15, 0.2) is 42.5 Å². The molecule has 2 aromatic carbocycles. The monoisotopic (exact) mass is 452 g/mol. The summed E-state index contributed by atoms with van der Waals surface area (Å²) >= 11 is 0. The van der Waals surface area contributed by atoms with Gasteiger partial charge in [0.05, 0.1) is 18.2 Å². The quantitative estimate of drug-likeness (QED) is 0.630. The number of nitrogens with zero attached hydrogens (tertiary/aromatic N) is 1. The number of aromatic hydroxyl groups is 1. The first-order valence-corrected chi connectivity index (χ1v) is 11.7. The van der Waals surface area contributed by atoms with Gasteiger partial charge in [0.1, 0.15) is 0 Å². The highest BCUT2D eigenvalue weighted by atomic mass is 16.5. The van der Waals surface area contributed by atoms with E-state index in [1.165, 1.54) is 6.92 Å². The zero-order valence-corrected chi connectivity index (χ0v) is 19.2. The molecule has 1 aliphatic heterocycles. The molecule has 1 saturated carbocycles. The van der Waals surface area contributed by atoms with Crippen LogP contribution in [0.4, 0.5) is 5.69 Å². The lowest BCUT2D eigenvalue weighted by Gasteiger charge is -2.52. The molecular weight excluding hydrogens is 420 g/mol. The number of fused-ring (bicyclic) bond motifs is 1. The second-order valence-corrected chi connectivity index (χ2v) is 9.07. The van der Waals surface area contributed by atoms with Gasteiger partial charge in [0.25, 0.3) is 5.91 Å². The number of carbonyl (C=O) groups excluding carboxylic acids is 2. The Kier molecular flexibility index (Phi) is 6.61. The Morgan fingerprint density at radius 1 is 1.18 bits per heavy atom. The molecule has 0 aromatic heterocycles. The first kappa shape index (κ1) is 23.1. The molecule has 3 unspecified atom stereocenters. The number of phenolic OH excluding ortho intramolecular Hbond substituents is 1. The summed E-state index contributed by atoms with van der Waals surface area (Å²) in [7, 11) is 0. The van der Waals surface area contributed by atoms with Gasteiger partial charge in [0.2, 0.25) is 5.91 Å². The minimum atomic E-state index is -0.818. The number of aliphatic hydroxyl groups is 1. The SMILES string of the molecule is CCOc1cc(C2C3CCCCC3(O)CCN2C(=O)c2cccc(NC(C)=O)c2)ccc1O. The van der Waals surface area contributed by atoms with E-state index in [1.807, 2.05) is 17.9 Å². The van der Waals surface area contributed by atoms with Crippen molar-refractivity contribution in [3.05, 3.63) is 53.6 Å². The van der Waals surface area contributed by atoms with Gasteiger partial charge in [-0.05, 0) is 62.1 Å². The van der Waals surface area contributed by atoms with Crippen LogP contribution >= 0.6 is 0 Å². The molecule has 1 heterocycles. The Balaban J connectivity index is 1.74. The third-order valence-electron chi connectivity index (χ3n) is 6.88. The highest BCUT2D eigenvalue weighted by molar-refractivity contribution is 5.97. The number of hydrogen-bond acceptors (Lipinski definition) is 5. The molecule has 7 nitrogen and oxygen atoms in total. The van der Waals surface area contributed by atoms with Crippen LogP contribution in [0.1, 0.15) is 67.9 Å². The molecule has 1 aliphatic carbocycles. The summed E-state index contributed by atoms with van der Waals surface area (Å²) in [6.45, 7) is 4.11. The summed E-state index contributed by atoms with van der Waals surface area (Å²) in [6, 6.07) is 11.8. The maximum absolute atomic E-state index is 13.7. The largest absolute Gasteiger partial charge is 0.504 e. The number of rotatable bonds is 5. The van der Waals surface area contributed by atoms with E-state index in [1.54, 1.807) is 36.4 Å². The summed E-state index contributed by atoms with van der Waals surface area (Å²) in [5.74, 6) is -0.0289. The molecule has 7 heteroatoms. The number of phenols is 1. The van der Waals surface area contributed by atoms with Gasteiger partial charge in [-0.2, -0.15) is 0 Å². The number of nitrogens with one attached hydrogen (secondary N) is 1. The zero-order chi connectivity index (χ0) is 23.6. The number of hydrogen-bond donors (Lipinski definition) is 3. The lowest BCUT2D eigenvalue weighted by molar-refractivity contribution is -0.115. The number of piperidine rings is 1. The van der Waals surface area contributed by atoms with Crippen molar-refractivity contribution in [2.75, 3.05) is 18.5 Å². The predicted octanol–water partition coefficient (Wildman–Crippen LogP) is 4.26. The summed E-state index contributed by atoms with van der Waals surface area (Å²) in [6.07, 6.45) is 4.06. The van der Waals surface area contributed by atoms with Gasteiger partial charge >= 0.3 is 0 Å². The Morgan fingerprint density at radius 3 is 2.76 bits per heavy atom. The summed E-state index contributed by atoms with van der Waals surface area (Å²) in [5.41, 5.74) is 1.07. The highest BCUT2D eigenvalue weighted by Crippen LogP contribution is 2.50. The first-order chi connectivity index (χ1) is 15.8. The Morgan fingerprint density at radius 2 is 2.00 bits per heavy atom. The third kappa shape index (κ3) is 4.69. The molecule has 4 rings (SSSR count). The number of benzene rings is 2. The van der Waals surface area contributed by atoms with Crippen LogP contribution in [0.2, 0.25) is 0 Å². The van der Waals surface area contributed by atoms with E-state index in [0.29, 0.717) is 36.6 Å². The summed E-state index contributed by atoms with van der Waals surface area (Å²) in [4.78, 5) is 27.0. The van der Waals surface area contributed by atoms with Crippen LogP contribution < -0.4 is 10.1 Å². The normalized spacial score (nSPS) is 24.6. The standard InChI is InChI=1S/C26H32N2O5/c1-3-33-23-16-18(10-11-22(23)30)24-21-9-4-5-12-26(21,32)13-14-28(24)25(31)19-7-6-8-20(15-19)27-17(2)29/h6-8,10-11,15-16,21,24,30,32H,3-5,9,12-14H2,1-2H3,(H,27,29). The van der Waals surface area contributed by atoms with E-state index in [9.17, 15) is 19.8 Å². The first-order valence-electron chi connectivity index (χ1n) is 11.7. The topological polar surface area (TPSA) is 99.1 Å². The summed E-state index contributed by atoms with van der Waals surface area (Å²) in [5, 5.41) is 24.4. The lowest BCUT2D eigenvalue weighted by Crippen LogP contribution is -2.56. The summed E-state index contributed by atoms with van der Waals surface area (Å²) < 4.78 is 5.61. The Bertz CT molecular complexity index is 1040. The van der Waals surface area contributed by atoms with Gasteiger partial charge in [-0.3, -0.25) is 9.59 Å². The zero-order valence-electron chi connectivity index (χ0n) is 19.2. The van der Waals surface area contributed by atoms with Crippen LogP contribution in [0.5, 0.6) is 11.5 Å². The maximum atomic E-state index is 13.7. The van der Waals surface area contributed by atoms with E-state index in [4.69, 9.17) is 4.74 Å². The average Bonchev–Trinajstić information content (AvgIpc) is 2.79. The fourth-order valence-electron chi connectivity index (χ4n) is 5.41. The number of carbonyl (C=O) groups is 2. The molecule has 1 saturated heterocycles. The average molecular weight is 453 g/mol. The minimum Gasteiger partial charge on any atom is -0.504 e. The smallest absolute Gasteiger partial charge is 0.254 e. The maximum Gasteiger partial charge on any atom is 0.254 e. The van der Waals surface area contributed by atoms with Gasteiger partial charge in [0.15, 0.2) is 11.5 Å². The van der Waals surface area contributed by atoms with E-state index in [2.05, 4.69) is 5.32 Å². The van der Waals surface area contributed by atoms with Gasteiger partial charge in [0, 0.05) is 30.6 Å². The van der Waals surface area contributed by atoms with E-state index in [-0.39, 0.29) is 29.5 Å². The molecule has 2 fully saturated rings. The molecule has 176 valence electrons. The molecule has 2 aliphatic rings. The van der Waals surface area contributed by atoms with Gasteiger partial charge in [-0.25, -0.2) is 0 Å². The van der Waals surface area contributed by atoms with Crippen LogP contribution in [0.25, 0.3) is 0 Å². The van der Waals surface area contributed by atoms with Crippen LogP contribution in [-0.2, 0) is 4.79 Å². The van der Waals surface area contributed by atoms with Crippen molar-refractivity contribution in [1.82, 2.24) is 4.90 Å². The molecule has 3 N–H and O–H groups in total. The second kappa shape index (κ2) is 9.43. The molecular formula is C26H32N2O5. The fourth-order valence-corrected chi connectivity index (χ4v) is 5.41. The molecule has 0 spiro atoms. The Labute approximate surface area is 194 Å². The lowest BCUT2D eigenvalue weighted by atomic mass is 9.66. The number of ether oxygens (including phenoxy) is 1. The van der Waals surface area contributed by atoms with Crippen molar-refractivity contribution in [2.24, 2.45) is 5.92 Å². The fraction of sp³-hybridized carbons (Fsp3) is 0.462. The molecule has 2 amide bonds. The van der Waals surface area contributed by atoms with E-state index >= 15 is 0 Å². The number of likely N-dealkylation sites (tertiary alicyclic amines) is 1. The van der Waals surface area contributed by atoms with Crippen LogP contribution in [0, 0.1) is 5.92 Å². The second-order valence-electron chi connectivity index (χ2n) is 9.07. The van der Waals surface area contributed by atoms with Crippen LogP contribution in [-0.4, -0.2) is 45.7 Å². The molecule has 3 atom stereocenters. The Hall–Kier alpha value is -3.06. The minimum absolute atomic E-state index is 0.0520. The number of anilines is 1. The van der Waals surface area contributed by atoms with Crippen molar-refractivity contribution in [2.45, 2.75) is 57.6 Å². The number of amides is 2. The molecule has 0 radical (unpaired) electrons. The van der Waals surface area contributed by atoms with Gasteiger partial charge in [-0.15, -0.1) is 0 Å². The van der Waals surface area contributed by atoms with Crippen molar-refractivity contribution in [3.63, 3.8) is 0 Å². The van der Waals surface area contributed by atoms with E-state index < -0.39 is 5.60 Å². The predicted molar refractivity (Wildman–Crippen MR) is 125 cm³/mol. The van der Waals surface area contributed by atoms with Crippen molar-refractivity contribution in [3.8, 4) is 11.5 Å². The van der Waals surface area contributed by atoms with Gasteiger partial charge in [-0.1, -0.05) is 25.0 Å². The van der Waals surface area contributed by atoms with Crippen molar-refractivity contribution in [1.29, 1.82) is 0 Å². The van der Waals surface area contributed by atoms with Crippen molar-refractivity contribution < 1.29 is 24.5 Å². The molecule has 33 heavy (non-hydrogen) atoms. The highest BCUT2D eigenvalue weighted by Gasteiger charge is 2.50.